The Morgan fingerprint density at radius 2 is 2.19 bits per heavy atom. The van der Waals surface area contributed by atoms with Crippen LogP contribution in [0, 0.1) is 0 Å². The molecular weight excluding hydrogens is 420 g/mol. The first-order valence-corrected chi connectivity index (χ1v) is 11.3. The van der Waals surface area contributed by atoms with Crippen LogP contribution in [0.3, 0.4) is 0 Å². The topological polar surface area (TPSA) is 162 Å². The molecule has 2 rings (SSSR count). The lowest BCUT2D eigenvalue weighted by molar-refractivity contribution is -0.139. The Bertz CT molecular complexity index is 634. The van der Waals surface area contributed by atoms with Crippen molar-refractivity contribution in [2.24, 2.45) is 4.99 Å². The molecule has 2 amide bonds. The average molecular weight is 457 g/mol. The third-order valence-electron chi connectivity index (χ3n) is 5.12. The number of amides is 2. The Kier molecular flexibility index (Phi) is 11.9. The molecule has 4 unspecified atom stereocenters. The van der Waals surface area contributed by atoms with Crippen LogP contribution in [0.4, 0.5) is 4.79 Å². The maximum atomic E-state index is 12.2. The molecule has 0 aromatic heterocycles. The Morgan fingerprint density at radius 1 is 1.34 bits per heavy atom. The van der Waals surface area contributed by atoms with Gasteiger partial charge in [0, 0.05) is 25.3 Å². The third kappa shape index (κ3) is 10.4. The SMILES string of the molecule is CCCCOC(=O)NC(CNC(=O)CC1CC(CCCNC2N=CCCN2)NO1)C(=O)O. The highest BCUT2D eigenvalue weighted by molar-refractivity contribution is 5.82. The van der Waals surface area contributed by atoms with E-state index in [9.17, 15) is 19.5 Å². The van der Waals surface area contributed by atoms with Crippen molar-refractivity contribution in [2.75, 3.05) is 26.2 Å². The van der Waals surface area contributed by atoms with Crippen LogP contribution in [0.25, 0.3) is 0 Å². The van der Waals surface area contributed by atoms with Gasteiger partial charge in [-0.1, -0.05) is 13.3 Å². The van der Waals surface area contributed by atoms with E-state index in [4.69, 9.17) is 9.57 Å². The largest absolute Gasteiger partial charge is 0.480 e. The van der Waals surface area contributed by atoms with Gasteiger partial charge in [-0.25, -0.2) is 9.59 Å². The second-order valence-corrected chi connectivity index (χ2v) is 7.90. The van der Waals surface area contributed by atoms with E-state index < -0.39 is 18.1 Å². The summed E-state index contributed by atoms with van der Waals surface area (Å²) in [4.78, 5) is 44.9. The molecule has 2 aliphatic rings. The van der Waals surface area contributed by atoms with Crippen molar-refractivity contribution < 1.29 is 29.1 Å². The van der Waals surface area contributed by atoms with Gasteiger partial charge in [0.2, 0.25) is 5.91 Å². The van der Waals surface area contributed by atoms with E-state index in [0.29, 0.717) is 12.8 Å². The lowest BCUT2D eigenvalue weighted by Crippen LogP contribution is -2.48. The molecule has 4 atom stereocenters. The van der Waals surface area contributed by atoms with Crippen molar-refractivity contribution in [2.45, 2.75) is 76.3 Å². The van der Waals surface area contributed by atoms with Gasteiger partial charge in [-0.15, -0.1) is 0 Å². The number of carbonyl (C=O) groups excluding carboxylic acids is 2. The quantitative estimate of drug-likeness (QED) is 0.195. The standard InChI is InChI=1S/C20H36N6O6/c1-2-3-10-31-20(30)25-16(18(28)29)13-24-17(27)12-15-11-14(26-32-15)6-4-7-21-19-22-8-5-9-23-19/h8,14-16,19,21,23,26H,2-7,9-13H2,1H3,(H,24,27)(H,25,30)(H,28,29). The van der Waals surface area contributed by atoms with Gasteiger partial charge in [0.1, 0.15) is 6.04 Å². The molecule has 0 spiro atoms. The van der Waals surface area contributed by atoms with Crippen LogP contribution in [0.2, 0.25) is 0 Å². The molecule has 0 aromatic rings. The van der Waals surface area contributed by atoms with Crippen LogP contribution in [-0.2, 0) is 19.2 Å². The molecule has 0 radical (unpaired) electrons. The average Bonchev–Trinajstić information content (AvgIpc) is 3.22. The Labute approximate surface area is 188 Å². The van der Waals surface area contributed by atoms with Crippen LogP contribution < -0.4 is 26.7 Å². The van der Waals surface area contributed by atoms with Gasteiger partial charge in [0.05, 0.1) is 19.1 Å². The second-order valence-electron chi connectivity index (χ2n) is 7.90. The van der Waals surface area contributed by atoms with E-state index in [1.807, 2.05) is 13.1 Å². The van der Waals surface area contributed by atoms with E-state index >= 15 is 0 Å². The number of rotatable bonds is 14. The van der Waals surface area contributed by atoms with E-state index in [2.05, 4.69) is 31.7 Å². The molecular formula is C20H36N6O6. The zero-order chi connectivity index (χ0) is 23.2. The minimum atomic E-state index is -1.26. The Morgan fingerprint density at radius 3 is 2.91 bits per heavy atom. The van der Waals surface area contributed by atoms with E-state index in [1.165, 1.54) is 0 Å². The van der Waals surface area contributed by atoms with Gasteiger partial charge in [-0.05, 0) is 38.6 Å². The molecule has 32 heavy (non-hydrogen) atoms. The number of hydrogen-bond acceptors (Lipinski definition) is 9. The van der Waals surface area contributed by atoms with Crippen LogP contribution in [-0.4, -0.2) is 80.0 Å². The molecule has 0 aromatic carbocycles. The summed E-state index contributed by atoms with van der Waals surface area (Å²) >= 11 is 0. The van der Waals surface area contributed by atoms with E-state index in [1.54, 1.807) is 0 Å². The van der Waals surface area contributed by atoms with Gasteiger partial charge < -0.3 is 20.5 Å². The fourth-order valence-electron chi connectivity index (χ4n) is 3.33. The normalized spacial score (nSPS) is 23.5. The molecule has 6 N–H and O–H groups in total. The smallest absolute Gasteiger partial charge is 0.407 e. The van der Waals surface area contributed by atoms with Gasteiger partial charge >= 0.3 is 12.1 Å². The number of nitrogens with one attached hydrogen (secondary N) is 5. The van der Waals surface area contributed by atoms with Gasteiger partial charge in [-0.3, -0.25) is 25.3 Å². The lowest BCUT2D eigenvalue weighted by Gasteiger charge is -2.19. The maximum absolute atomic E-state index is 12.2. The third-order valence-corrected chi connectivity index (χ3v) is 5.12. The van der Waals surface area contributed by atoms with E-state index in [-0.39, 0.29) is 43.9 Å². The fraction of sp³-hybridized carbons (Fsp3) is 0.800. The fourth-order valence-corrected chi connectivity index (χ4v) is 3.33. The number of carboxylic acid groups (broad SMARTS) is 1. The molecule has 0 bridgehead atoms. The van der Waals surface area contributed by atoms with Crippen LogP contribution in [0.1, 0.15) is 51.9 Å². The summed E-state index contributed by atoms with van der Waals surface area (Å²) in [5.74, 6) is -1.59. The highest BCUT2D eigenvalue weighted by atomic mass is 16.7. The Balaban J connectivity index is 1.58. The van der Waals surface area contributed by atoms with Gasteiger partial charge in [-0.2, -0.15) is 5.48 Å². The molecule has 1 saturated heterocycles. The van der Waals surface area contributed by atoms with Gasteiger partial charge in [0.15, 0.2) is 6.29 Å². The number of aliphatic carboxylic acids is 1. The summed E-state index contributed by atoms with van der Waals surface area (Å²) in [7, 11) is 0. The van der Waals surface area contributed by atoms with Crippen molar-refractivity contribution >= 4 is 24.2 Å². The first-order chi connectivity index (χ1) is 15.5. The van der Waals surface area contributed by atoms with Crippen LogP contribution in [0.15, 0.2) is 4.99 Å². The Hall–Kier alpha value is -2.28. The maximum Gasteiger partial charge on any atom is 0.407 e. The first kappa shape index (κ1) is 26.0. The number of hydrogen-bond donors (Lipinski definition) is 6. The zero-order valence-electron chi connectivity index (χ0n) is 18.6. The minimum Gasteiger partial charge on any atom is -0.480 e. The van der Waals surface area contributed by atoms with Crippen molar-refractivity contribution in [3.63, 3.8) is 0 Å². The predicted octanol–water partition coefficient (Wildman–Crippen LogP) is -0.148. The number of aliphatic imine (C=N–C) groups is 1. The molecule has 0 saturated carbocycles. The number of ether oxygens (including phenoxy) is 1. The highest BCUT2D eigenvalue weighted by Crippen LogP contribution is 2.17. The first-order valence-electron chi connectivity index (χ1n) is 11.3. The second kappa shape index (κ2) is 14.7. The zero-order valence-corrected chi connectivity index (χ0v) is 18.6. The summed E-state index contributed by atoms with van der Waals surface area (Å²) in [5.41, 5.74) is 2.96. The number of carboxylic acids is 1. The van der Waals surface area contributed by atoms with Crippen molar-refractivity contribution in [1.29, 1.82) is 0 Å². The number of alkyl carbamates (subject to hydrolysis) is 1. The molecule has 2 aliphatic heterocycles. The van der Waals surface area contributed by atoms with Gasteiger partial charge in [0.25, 0.3) is 0 Å². The van der Waals surface area contributed by atoms with Crippen LogP contribution in [0.5, 0.6) is 0 Å². The molecule has 1 fully saturated rings. The summed E-state index contributed by atoms with van der Waals surface area (Å²) in [5, 5.41) is 20.6. The summed E-state index contributed by atoms with van der Waals surface area (Å²) in [6, 6.07) is -1.11. The molecule has 12 nitrogen and oxygen atoms in total. The summed E-state index contributed by atoms with van der Waals surface area (Å²) in [6.45, 7) is 3.68. The number of nitrogens with zero attached hydrogens (tertiary/aromatic N) is 1. The van der Waals surface area contributed by atoms with Crippen molar-refractivity contribution in [3.8, 4) is 0 Å². The van der Waals surface area contributed by atoms with Crippen molar-refractivity contribution in [1.82, 2.24) is 26.7 Å². The van der Waals surface area contributed by atoms with Crippen LogP contribution >= 0.6 is 0 Å². The molecule has 0 aliphatic carbocycles. The minimum absolute atomic E-state index is 0.0182. The monoisotopic (exact) mass is 456 g/mol. The number of carbonyl (C=O) groups is 3. The molecule has 12 heteroatoms. The number of hydroxylamine groups is 1. The molecule has 2 heterocycles. The molecule has 182 valence electrons. The summed E-state index contributed by atoms with van der Waals surface area (Å²) < 4.78 is 4.89. The lowest BCUT2D eigenvalue weighted by atomic mass is 10.0. The van der Waals surface area contributed by atoms with E-state index in [0.717, 1.165) is 38.8 Å². The van der Waals surface area contributed by atoms with Crippen molar-refractivity contribution in [3.05, 3.63) is 0 Å². The highest BCUT2D eigenvalue weighted by Gasteiger charge is 2.28. The predicted molar refractivity (Wildman–Crippen MR) is 117 cm³/mol. The summed E-state index contributed by atoms with van der Waals surface area (Å²) in [6.07, 6.45) is 5.94. The number of unbranched alkanes of at least 4 members (excludes halogenated alkanes) is 1.